The molecule has 0 spiro atoms. The number of rotatable bonds is 4. The third kappa shape index (κ3) is 3.63. The first-order valence-electron chi connectivity index (χ1n) is 5.79. The third-order valence-corrected chi connectivity index (χ3v) is 3.82. The van der Waals surface area contributed by atoms with Crippen molar-refractivity contribution in [3.05, 3.63) is 59.7 Å². The summed E-state index contributed by atoms with van der Waals surface area (Å²) in [5, 5.41) is 0. The van der Waals surface area contributed by atoms with Crippen molar-refractivity contribution in [2.45, 2.75) is 11.8 Å². The van der Waals surface area contributed by atoms with Crippen LogP contribution in [-0.2, 0) is 10.1 Å². The summed E-state index contributed by atoms with van der Waals surface area (Å²) in [4.78, 5) is 10.5. The van der Waals surface area contributed by atoms with E-state index in [-0.39, 0.29) is 11.5 Å². The summed E-state index contributed by atoms with van der Waals surface area (Å²) in [5.74, 6) is -2.30. The molecule has 0 bridgehead atoms. The van der Waals surface area contributed by atoms with Gasteiger partial charge in [0.2, 0.25) is 0 Å². The predicted octanol–water partition coefficient (Wildman–Crippen LogP) is 2.94. The van der Waals surface area contributed by atoms with E-state index in [1.807, 2.05) is 0 Å². The van der Waals surface area contributed by atoms with Gasteiger partial charge in [0.15, 0.2) is 5.78 Å². The summed E-state index contributed by atoms with van der Waals surface area (Å²) in [6, 6.07) is 7.21. The number of halogens is 2. The van der Waals surface area contributed by atoms with E-state index in [9.17, 15) is 22.0 Å². The normalized spacial score (nSPS) is 11.2. The highest BCUT2D eigenvalue weighted by Gasteiger charge is 2.19. The van der Waals surface area contributed by atoms with Gasteiger partial charge in [-0.2, -0.15) is 8.42 Å². The predicted molar refractivity (Wildman–Crippen MR) is 70.6 cm³/mol. The molecule has 0 fully saturated rings. The van der Waals surface area contributed by atoms with Crippen LogP contribution in [0.4, 0.5) is 8.78 Å². The maximum atomic E-state index is 13.0. The van der Waals surface area contributed by atoms with E-state index in [1.54, 1.807) is 0 Å². The van der Waals surface area contributed by atoms with Gasteiger partial charge in [-0.05, 0) is 43.3 Å². The minimum absolute atomic E-state index is 0.0651. The first-order chi connectivity index (χ1) is 9.78. The van der Waals surface area contributed by atoms with Gasteiger partial charge in [-0.25, -0.2) is 8.78 Å². The Morgan fingerprint density at radius 2 is 1.52 bits per heavy atom. The van der Waals surface area contributed by atoms with Gasteiger partial charge in [-0.1, -0.05) is 0 Å². The molecule has 0 saturated heterocycles. The van der Waals surface area contributed by atoms with Gasteiger partial charge < -0.3 is 4.18 Å². The molecule has 0 aromatic heterocycles. The van der Waals surface area contributed by atoms with E-state index in [1.165, 1.54) is 31.2 Å². The van der Waals surface area contributed by atoms with Crippen molar-refractivity contribution in [2.24, 2.45) is 0 Å². The van der Waals surface area contributed by atoms with Crippen molar-refractivity contribution < 1.29 is 26.2 Å². The molecule has 7 heteroatoms. The topological polar surface area (TPSA) is 60.4 Å². The lowest BCUT2D eigenvalue weighted by Gasteiger charge is -2.07. The van der Waals surface area contributed by atoms with E-state index in [0.717, 1.165) is 0 Å². The quantitative estimate of drug-likeness (QED) is 0.643. The van der Waals surface area contributed by atoms with Crippen LogP contribution in [0.2, 0.25) is 0 Å². The highest BCUT2D eigenvalue weighted by Crippen LogP contribution is 2.20. The maximum Gasteiger partial charge on any atom is 0.339 e. The average Bonchev–Trinajstić information content (AvgIpc) is 2.37. The maximum absolute atomic E-state index is 13.0. The average molecular weight is 312 g/mol. The van der Waals surface area contributed by atoms with Gasteiger partial charge >= 0.3 is 10.1 Å². The van der Waals surface area contributed by atoms with Crippen LogP contribution in [0, 0.1) is 11.6 Å². The van der Waals surface area contributed by atoms with Gasteiger partial charge in [-0.15, -0.1) is 0 Å². The Balaban J connectivity index is 2.30. The minimum Gasteiger partial charge on any atom is -0.379 e. The molecule has 0 heterocycles. The molecule has 0 radical (unpaired) electrons. The number of benzene rings is 2. The van der Waals surface area contributed by atoms with E-state index in [0.29, 0.717) is 23.8 Å². The molecule has 2 aromatic rings. The molecule has 0 aliphatic carbocycles. The van der Waals surface area contributed by atoms with Gasteiger partial charge in [0.25, 0.3) is 0 Å². The number of hydrogen-bond donors (Lipinski definition) is 0. The molecule has 4 nitrogen and oxygen atoms in total. The molecule has 110 valence electrons. The van der Waals surface area contributed by atoms with Crippen LogP contribution in [-0.4, -0.2) is 14.2 Å². The molecule has 0 saturated carbocycles. The Kier molecular flexibility index (Phi) is 4.04. The van der Waals surface area contributed by atoms with E-state index in [4.69, 9.17) is 4.18 Å². The number of ketones is 1. The van der Waals surface area contributed by atoms with Crippen molar-refractivity contribution in [1.29, 1.82) is 0 Å². The van der Waals surface area contributed by atoms with Gasteiger partial charge in [0.1, 0.15) is 22.3 Å². The van der Waals surface area contributed by atoms with Crippen molar-refractivity contribution >= 4 is 15.9 Å². The summed E-state index contributed by atoms with van der Waals surface area (Å²) in [6.07, 6.45) is 0. The van der Waals surface area contributed by atoms with Crippen LogP contribution < -0.4 is 4.18 Å². The second kappa shape index (κ2) is 5.61. The zero-order chi connectivity index (χ0) is 15.6. The Hall–Kier alpha value is -2.28. The Bertz CT molecular complexity index is 763. The number of Topliss-reactive ketones (excluding diaryl/α,β-unsaturated/α-hetero) is 1. The summed E-state index contributed by atoms with van der Waals surface area (Å²) < 4.78 is 54.6. The van der Waals surface area contributed by atoms with Crippen LogP contribution in [0.15, 0.2) is 47.4 Å². The third-order valence-electron chi connectivity index (χ3n) is 2.59. The monoisotopic (exact) mass is 312 g/mol. The van der Waals surface area contributed by atoms with Crippen molar-refractivity contribution in [3.8, 4) is 5.75 Å². The molecule has 2 rings (SSSR count). The number of carbonyl (C=O) groups excluding carboxylic acids is 1. The smallest absolute Gasteiger partial charge is 0.339 e. The minimum atomic E-state index is -4.36. The van der Waals surface area contributed by atoms with Crippen LogP contribution in [0.1, 0.15) is 17.3 Å². The van der Waals surface area contributed by atoms with Crippen LogP contribution in [0.25, 0.3) is 0 Å². The summed E-state index contributed by atoms with van der Waals surface area (Å²) in [7, 11) is -4.36. The first-order valence-corrected chi connectivity index (χ1v) is 7.20. The molecule has 0 aliphatic rings. The van der Waals surface area contributed by atoms with Crippen LogP contribution in [0.3, 0.4) is 0 Å². The Labute approximate surface area is 120 Å². The highest BCUT2D eigenvalue weighted by atomic mass is 32.2. The molecule has 0 unspecified atom stereocenters. The number of carbonyl (C=O) groups is 1. The van der Waals surface area contributed by atoms with Crippen LogP contribution >= 0.6 is 0 Å². The zero-order valence-electron chi connectivity index (χ0n) is 10.8. The molecule has 0 amide bonds. The largest absolute Gasteiger partial charge is 0.379 e. The van der Waals surface area contributed by atoms with Crippen molar-refractivity contribution in [2.75, 3.05) is 0 Å². The molecule has 21 heavy (non-hydrogen) atoms. The standard InChI is InChI=1S/C14H10F2O4S/c1-9(17)10-2-4-13(5-3-10)20-21(18,19)14-7-11(15)6-12(16)8-14/h2-8H,1H3. The van der Waals surface area contributed by atoms with Gasteiger partial charge in [0.05, 0.1) is 0 Å². The van der Waals surface area contributed by atoms with E-state index < -0.39 is 26.6 Å². The second-order valence-corrected chi connectivity index (χ2v) is 5.77. The van der Waals surface area contributed by atoms with Crippen molar-refractivity contribution in [3.63, 3.8) is 0 Å². The fourth-order valence-electron chi connectivity index (χ4n) is 1.59. The molecule has 0 atom stereocenters. The van der Waals surface area contributed by atoms with Crippen LogP contribution in [0.5, 0.6) is 5.75 Å². The molecule has 0 aliphatic heterocycles. The zero-order valence-corrected chi connectivity index (χ0v) is 11.7. The second-order valence-electron chi connectivity index (χ2n) is 4.22. The summed E-state index contributed by atoms with van der Waals surface area (Å²) >= 11 is 0. The Morgan fingerprint density at radius 1 is 1.00 bits per heavy atom. The molecular formula is C14H10F2O4S. The van der Waals surface area contributed by atoms with E-state index >= 15 is 0 Å². The van der Waals surface area contributed by atoms with Gasteiger partial charge in [-0.3, -0.25) is 4.79 Å². The Morgan fingerprint density at radius 3 is 2.00 bits per heavy atom. The summed E-state index contributed by atoms with van der Waals surface area (Å²) in [5.41, 5.74) is 0.386. The molecule has 2 aromatic carbocycles. The molecular weight excluding hydrogens is 302 g/mol. The fraction of sp³-hybridized carbons (Fsp3) is 0.0714. The lowest BCUT2D eigenvalue weighted by molar-refractivity contribution is 0.101. The van der Waals surface area contributed by atoms with Crippen molar-refractivity contribution in [1.82, 2.24) is 0 Å². The van der Waals surface area contributed by atoms with Gasteiger partial charge in [0, 0.05) is 11.6 Å². The first kappa shape index (κ1) is 15.1. The highest BCUT2D eigenvalue weighted by molar-refractivity contribution is 7.87. The molecule has 0 N–H and O–H groups in total. The SMILES string of the molecule is CC(=O)c1ccc(OS(=O)(=O)c2cc(F)cc(F)c2)cc1. The van der Waals surface area contributed by atoms with E-state index in [2.05, 4.69) is 0 Å². The lowest BCUT2D eigenvalue weighted by Crippen LogP contribution is -2.10. The lowest BCUT2D eigenvalue weighted by atomic mass is 10.1. The number of hydrogen-bond acceptors (Lipinski definition) is 4. The fourth-order valence-corrected chi connectivity index (χ4v) is 2.57. The summed E-state index contributed by atoms with van der Waals surface area (Å²) in [6.45, 7) is 1.36.